The Morgan fingerprint density at radius 3 is 2.71 bits per heavy atom. The molecule has 0 bridgehead atoms. The van der Waals surface area contributed by atoms with Crippen LogP contribution in [0.3, 0.4) is 0 Å². The second-order valence-electron chi connectivity index (χ2n) is 6.96. The number of aliphatic carboxylic acids is 1. The Bertz CT molecular complexity index is 1020. The predicted molar refractivity (Wildman–Crippen MR) is 105 cm³/mol. The summed E-state index contributed by atoms with van der Waals surface area (Å²) in [6.07, 6.45) is 0. The van der Waals surface area contributed by atoms with Crippen LogP contribution in [0, 0.1) is 17.0 Å². The molecule has 0 unspecified atom stereocenters. The second kappa shape index (κ2) is 8.37. The van der Waals surface area contributed by atoms with Crippen molar-refractivity contribution in [1.29, 1.82) is 0 Å². The molecule has 0 radical (unpaired) electrons. The van der Waals surface area contributed by atoms with Crippen LogP contribution in [0.1, 0.15) is 25.6 Å². The number of hydrogen-bond acceptors (Lipinski definition) is 9. The van der Waals surface area contributed by atoms with Gasteiger partial charge in [-0.2, -0.15) is 4.68 Å². The maximum absolute atomic E-state index is 12.6. The molecule has 2 N–H and O–H groups in total. The first-order valence-corrected chi connectivity index (χ1v) is 10.1. The number of nitro groups is 1. The van der Waals surface area contributed by atoms with Crippen molar-refractivity contribution in [3.05, 3.63) is 33.1 Å². The number of nitrogens with zero attached hydrogens (tertiary/aromatic N) is 4. The van der Waals surface area contributed by atoms with Gasteiger partial charge in [-0.1, -0.05) is 0 Å². The van der Waals surface area contributed by atoms with Crippen LogP contribution in [0.5, 0.6) is 0 Å². The lowest BCUT2D eigenvalue weighted by Crippen LogP contribution is -2.71. The zero-order chi connectivity index (χ0) is 23.0. The van der Waals surface area contributed by atoms with Crippen LogP contribution in [-0.2, 0) is 23.9 Å². The van der Waals surface area contributed by atoms with Gasteiger partial charge < -0.3 is 25.3 Å². The van der Waals surface area contributed by atoms with Crippen molar-refractivity contribution in [2.45, 2.75) is 38.2 Å². The number of thioether (sulfide) groups is 1. The number of aryl methyl sites for hydroxylation is 1. The van der Waals surface area contributed by atoms with Crippen molar-refractivity contribution >= 4 is 41.3 Å². The van der Waals surface area contributed by atoms with Gasteiger partial charge >= 0.3 is 17.8 Å². The molecule has 1 saturated heterocycles. The Balaban J connectivity index is 1.73. The van der Waals surface area contributed by atoms with Gasteiger partial charge in [0, 0.05) is 18.2 Å². The lowest BCUT2D eigenvalue weighted by Gasteiger charge is -2.49. The Kier molecular flexibility index (Phi) is 6.01. The molecule has 0 spiro atoms. The molecule has 0 aromatic carbocycles. The first-order chi connectivity index (χ1) is 14.5. The summed E-state index contributed by atoms with van der Waals surface area (Å²) in [4.78, 5) is 59.3. The summed E-state index contributed by atoms with van der Waals surface area (Å²) in [6.45, 7) is 3.99. The molecule has 0 saturated carbocycles. The van der Waals surface area contributed by atoms with Gasteiger partial charge in [0.1, 0.15) is 29.8 Å². The van der Waals surface area contributed by atoms with Crippen molar-refractivity contribution in [2.75, 3.05) is 12.4 Å². The van der Waals surface area contributed by atoms with E-state index in [1.165, 1.54) is 36.4 Å². The van der Waals surface area contributed by atoms with Crippen LogP contribution < -0.4 is 5.32 Å². The fourth-order valence-electron chi connectivity index (χ4n) is 3.32. The summed E-state index contributed by atoms with van der Waals surface area (Å²) in [5, 5.41) is 26.2. The average molecular weight is 453 g/mol. The summed E-state index contributed by atoms with van der Waals surface area (Å²) in [7, 11) is 0. The van der Waals surface area contributed by atoms with E-state index in [0.717, 1.165) is 4.90 Å². The molecule has 2 aliphatic heterocycles. The average Bonchev–Trinajstić information content (AvgIpc) is 3.10. The summed E-state index contributed by atoms with van der Waals surface area (Å²) >= 11 is 1.23. The SMILES string of the molecule is CC(=O)OCC1=C(C(=O)O)N2C(=O)[C@H](NC(=O)[C@H](C)n3nc([N+](=O)[O-])cc3C)[C@@H]2SC1. The van der Waals surface area contributed by atoms with Gasteiger partial charge in [0.2, 0.25) is 5.91 Å². The summed E-state index contributed by atoms with van der Waals surface area (Å²) in [6, 6.07) is -0.667. The molecule has 166 valence electrons. The number of amides is 2. The third kappa shape index (κ3) is 4.10. The van der Waals surface area contributed by atoms with E-state index < -0.39 is 52.0 Å². The lowest BCUT2D eigenvalue weighted by atomic mass is 10.0. The number of rotatable bonds is 7. The topological polar surface area (TPSA) is 174 Å². The molecule has 1 fully saturated rings. The molecule has 0 aliphatic carbocycles. The van der Waals surface area contributed by atoms with Gasteiger partial charge in [0.15, 0.2) is 0 Å². The highest BCUT2D eigenvalue weighted by molar-refractivity contribution is 8.00. The van der Waals surface area contributed by atoms with E-state index >= 15 is 0 Å². The number of nitrogens with one attached hydrogen (secondary N) is 1. The molecular formula is C17H19N5O8S. The van der Waals surface area contributed by atoms with Gasteiger partial charge in [0.25, 0.3) is 5.91 Å². The minimum Gasteiger partial charge on any atom is -0.477 e. The molecular weight excluding hydrogens is 434 g/mol. The van der Waals surface area contributed by atoms with E-state index in [1.54, 1.807) is 6.92 Å². The monoisotopic (exact) mass is 453 g/mol. The van der Waals surface area contributed by atoms with Gasteiger partial charge in [0.05, 0.1) is 16.9 Å². The van der Waals surface area contributed by atoms with E-state index in [9.17, 15) is 34.4 Å². The maximum atomic E-state index is 12.6. The third-order valence-electron chi connectivity index (χ3n) is 4.84. The molecule has 3 heterocycles. The number of hydrogen-bond donors (Lipinski definition) is 2. The molecule has 3 atom stereocenters. The fraction of sp³-hybridized carbons (Fsp3) is 0.471. The van der Waals surface area contributed by atoms with Crippen molar-refractivity contribution in [3.8, 4) is 0 Å². The molecule has 13 nitrogen and oxygen atoms in total. The zero-order valence-electron chi connectivity index (χ0n) is 16.7. The molecule has 1 aromatic heterocycles. The predicted octanol–water partition coefficient (Wildman–Crippen LogP) is -0.0376. The quantitative estimate of drug-likeness (QED) is 0.247. The van der Waals surface area contributed by atoms with Crippen molar-refractivity contribution in [2.24, 2.45) is 0 Å². The minimum atomic E-state index is -1.33. The number of ether oxygens (including phenoxy) is 1. The van der Waals surface area contributed by atoms with Gasteiger partial charge in [-0.05, 0) is 18.8 Å². The molecule has 2 aliphatic rings. The highest BCUT2D eigenvalue weighted by atomic mass is 32.2. The van der Waals surface area contributed by atoms with E-state index in [4.69, 9.17) is 4.74 Å². The number of carbonyl (C=O) groups is 4. The summed E-state index contributed by atoms with van der Waals surface area (Å²) < 4.78 is 6.05. The highest BCUT2D eigenvalue weighted by Gasteiger charge is 2.54. The molecule has 14 heteroatoms. The van der Waals surface area contributed by atoms with Crippen molar-refractivity contribution < 1.29 is 33.9 Å². The number of aromatic nitrogens is 2. The molecule has 3 rings (SSSR count). The van der Waals surface area contributed by atoms with Crippen LogP contribution >= 0.6 is 11.8 Å². The Morgan fingerprint density at radius 2 is 2.16 bits per heavy atom. The standard InChI is InChI=1S/C17H19N5O8S/c1-7-4-11(22(28)29)19-21(7)8(2)14(24)18-12-15(25)20-13(17(26)27)10(5-30-9(3)23)6-31-16(12)20/h4,8,12,16H,5-6H2,1-3H3,(H,18,24)(H,26,27)/t8-,12-,16-/m0/s1. The number of fused-ring (bicyclic) bond motifs is 1. The van der Waals surface area contributed by atoms with Crippen molar-refractivity contribution in [3.63, 3.8) is 0 Å². The molecule has 31 heavy (non-hydrogen) atoms. The minimum absolute atomic E-state index is 0.204. The second-order valence-corrected chi connectivity index (χ2v) is 8.06. The van der Waals surface area contributed by atoms with Gasteiger partial charge in [-0.15, -0.1) is 11.8 Å². The molecule has 1 aromatic rings. The van der Waals surface area contributed by atoms with Crippen molar-refractivity contribution in [1.82, 2.24) is 20.0 Å². The molecule has 2 amide bonds. The largest absolute Gasteiger partial charge is 0.477 e. The van der Waals surface area contributed by atoms with Crippen LogP contribution in [0.25, 0.3) is 0 Å². The third-order valence-corrected chi connectivity index (χ3v) is 6.18. The Labute approximate surface area is 179 Å². The number of carbonyl (C=O) groups excluding carboxylic acids is 3. The van der Waals surface area contributed by atoms with E-state index in [0.29, 0.717) is 5.69 Å². The smallest absolute Gasteiger partial charge is 0.390 e. The van der Waals surface area contributed by atoms with Gasteiger partial charge in [-0.25, -0.2) is 4.79 Å². The first kappa shape index (κ1) is 22.3. The maximum Gasteiger partial charge on any atom is 0.390 e. The Hall–Kier alpha value is -3.42. The number of carboxylic acids is 1. The summed E-state index contributed by atoms with van der Waals surface area (Å²) in [5.74, 6) is -3.31. The van der Waals surface area contributed by atoms with Gasteiger partial charge in [-0.3, -0.25) is 19.3 Å². The Morgan fingerprint density at radius 1 is 1.48 bits per heavy atom. The van der Waals surface area contributed by atoms with Crippen LogP contribution in [0.15, 0.2) is 17.3 Å². The normalized spacial score (nSPS) is 21.1. The zero-order valence-corrected chi connectivity index (χ0v) is 17.5. The lowest BCUT2D eigenvalue weighted by molar-refractivity contribution is -0.389. The van der Waals surface area contributed by atoms with E-state index in [1.807, 2.05) is 0 Å². The fourth-order valence-corrected chi connectivity index (χ4v) is 4.65. The number of carboxylic acid groups (broad SMARTS) is 1. The van der Waals surface area contributed by atoms with E-state index in [-0.39, 0.29) is 23.6 Å². The summed E-state index contributed by atoms with van der Waals surface area (Å²) in [5.41, 5.74) is 0.427. The highest BCUT2D eigenvalue weighted by Crippen LogP contribution is 2.40. The first-order valence-electron chi connectivity index (χ1n) is 9.07. The number of β-lactam (4-membered cyclic amide) rings is 1. The van der Waals surface area contributed by atoms with E-state index in [2.05, 4.69) is 10.4 Å². The number of esters is 1. The van der Waals surface area contributed by atoms with Crippen LogP contribution in [0.2, 0.25) is 0 Å². The van der Waals surface area contributed by atoms with Crippen LogP contribution in [-0.4, -0.2) is 72.2 Å². The van der Waals surface area contributed by atoms with Crippen LogP contribution in [0.4, 0.5) is 5.82 Å².